The maximum atomic E-state index is 12.0. The van der Waals surface area contributed by atoms with Crippen molar-refractivity contribution in [2.75, 3.05) is 29.9 Å². The Labute approximate surface area is 152 Å². The number of benzene rings is 1. The number of rotatable bonds is 4. The molecule has 0 saturated carbocycles. The van der Waals surface area contributed by atoms with Crippen LogP contribution in [0.25, 0.3) is 0 Å². The van der Waals surface area contributed by atoms with Gasteiger partial charge in [0.1, 0.15) is 5.82 Å². The summed E-state index contributed by atoms with van der Waals surface area (Å²) in [5.74, 6) is 0.918. The highest BCUT2D eigenvalue weighted by Crippen LogP contribution is 2.15. The standard InChI is InChI=1S/C19H21N5O2/c1-14-13-24(7-8-26-14)18-6-5-16(11-21-18)12-22-19(25)23-17-4-2-3-15(9-17)10-20/h2-6,9,11,14H,7-8,12-13H2,1H3,(H2,22,23,25). The minimum atomic E-state index is -0.328. The highest BCUT2D eigenvalue weighted by atomic mass is 16.5. The number of ether oxygens (including phenoxy) is 1. The number of pyridine rings is 1. The molecule has 2 N–H and O–H groups in total. The summed E-state index contributed by atoms with van der Waals surface area (Å²) in [6.45, 7) is 4.79. The fraction of sp³-hybridized carbons (Fsp3) is 0.316. The Hall–Kier alpha value is -3.11. The Morgan fingerprint density at radius 1 is 1.42 bits per heavy atom. The van der Waals surface area contributed by atoms with Gasteiger partial charge in [0.2, 0.25) is 0 Å². The van der Waals surface area contributed by atoms with E-state index in [2.05, 4.69) is 27.4 Å². The lowest BCUT2D eigenvalue weighted by atomic mass is 10.2. The molecule has 1 aliphatic heterocycles. The highest BCUT2D eigenvalue weighted by molar-refractivity contribution is 5.89. The molecule has 0 spiro atoms. The summed E-state index contributed by atoms with van der Waals surface area (Å²) in [5.41, 5.74) is 1.99. The molecular formula is C19H21N5O2. The van der Waals surface area contributed by atoms with Crippen LogP contribution in [-0.2, 0) is 11.3 Å². The van der Waals surface area contributed by atoms with Crippen LogP contribution in [0.2, 0.25) is 0 Å². The number of hydrogen-bond acceptors (Lipinski definition) is 5. The molecule has 7 heteroatoms. The number of morpholine rings is 1. The Balaban J connectivity index is 1.51. The molecule has 1 fully saturated rings. The number of nitriles is 1. The third kappa shape index (κ3) is 4.71. The Morgan fingerprint density at radius 3 is 3.04 bits per heavy atom. The molecular weight excluding hydrogens is 330 g/mol. The SMILES string of the molecule is CC1CN(c2ccc(CNC(=O)Nc3cccc(C#N)c3)cn2)CCO1. The van der Waals surface area contributed by atoms with E-state index in [1.165, 1.54) is 0 Å². The van der Waals surface area contributed by atoms with Crippen LogP contribution in [0.3, 0.4) is 0 Å². The van der Waals surface area contributed by atoms with Crippen LogP contribution in [0.5, 0.6) is 0 Å². The number of nitrogens with zero attached hydrogens (tertiary/aromatic N) is 3. The van der Waals surface area contributed by atoms with Crippen molar-refractivity contribution < 1.29 is 9.53 Å². The van der Waals surface area contributed by atoms with E-state index < -0.39 is 0 Å². The molecule has 2 amide bonds. The maximum Gasteiger partial charge on any atom is 0.319 e. The fourth-order valence-electron chi connectivity index (χ4n) is 2.76. The van der Waals surface area contributed by atoms with Gasteiger partial charge in [-0.25, -0.2) is 9.78 Å². The topological polar surface area (TPSA) is 90.3 Å². The van der Waals surface area contributed by atoms with Crippen molar-refractivity contribution >= 4 is 17.5 Å². The van der Waals surface area contributed by atoms with Gasteiger partial charge in [0.05, 0.1) is 24.3 Å². The van der Waals surface area contributed by atoms with E-state index in [9.17, 15) is 4.79 Å². The minimum Gasteiger partial charge on any atom is -0.375 e. The van der Waals surface area contributed by atoms with Gasteiger partial charge in [-0.3, -0.25) is 0 Å². The third-order valence-electron chi connectivity index (χ3n) is 4.08. The number of carbonyl (C=O) groups excluding carboxylic acids is 1. The number of hydrogen-bond donors (Lipinski definition) is 2. The normalized spacial score (nSPS) is 16.6. The largest absolute Gasteiger partial charge is 0.375 e. The molecule has 1 aliphatic rings. The third-order valence-corrected chi connectivity index (χ3v) is 4.08. The second kappa shape index (κ2) is 8.32. The van der Waals surface area contributed by atoms with Crippen LogP contribution in [0.15, 0.2) is 42.6 Å². The van der Waals surface area contributed by atoms with E-state index >= 15 is 0 Å². The average molecular weight is 351 g/mol. The van der Waals surface area contributed by atoms with Gasteiger partial charge in [-0.05, 0) is 36.8 Å². The molecule has 0 aliphatic carbocycles. The van der Waals surface area contributed by atoms with Gasteiger partial charge in [-0.15, -0.1) is 0 Å². The zero-order valence-electron chi connectivity index (χ0n) is 14.6. The van der Waals surface area contributed by atoms with Gasteiger partial charge in [-0.1, -0.05) is 12.1 Å². The van der Waals surface area contributed by atoms with E-state index in [0.29, 0.717) is 24.4 Å². The average Bonchev–Trinajstić information content (AvgIpc) is 2.67. The number of urea groups is 1. The quantitative estimate of drug-likeness (QED) is 0.883. The molecule has 0 bridgehead atoms. The van der Waals surface area contributed by atoms with Crippen molar-refractivity contribution in [2.45, 2.75) is 19.6 Å². The van der Waals surface area contributed by atoms with Crippen LogP contribution >= 0.6 is 0 Å². The molecule has 2 aromatic rings. The molecule has 1 atom stereocenters. The first-order valence-corrected chi connectivity index (χ1v) is 8.50. The molecule has 0 radical (unpaired) electrons. The van der Waals surface area contributed by atoms with E-state index in [4.69, 9.17) is 10.00 Å². The molecule has 1 unspecified atom stereocenters. The number of amides is 2. The first-order chi connectivity index (χ1) is 12.6. The molecule has 1 saturated heterocycles. The summed E-state index contributed by atoms with van der Waals surface area (Å²) in [6, 6.07) is 12.4. The smallest absolute Gasteiger partial charge is 0.319 e. The van der Waals surface area contributed by atoms with E-state index in [-0.39, 0.29) is 12.1 Å². The van der Waals surface area contributed by atoms with E-state index in [1.54, 1.807) is 30.5 Å². The van der Waals surface area contributed by atoms with Crippen LogP contribution in [0.1, 0.15) is 18.1 Å². The van der Waals surface area contributed by atoms with Crippen LogP contribution in [-0.4, -0.2) is 36.8 Å². The lowest BCUT2D eigenvalue weighted by Gasteiger charge is -2.32. The van der Waals surface area contributed by atoms with Crippen LogP contribution in [0, 0.1) is 11.3 Å². The van der Waals surface area contributed by atoms with E-state index in [0.717, 1.165) is 24.5 Å². The number of carbonyl (C=O) groups is 1. The molecule has 1 aromatic carbocycles. The summed E-state index contributed by atoms with van der Waals surface area (Å²) in [4.78, 5) is 18.7. The lowest BCUT2D eigenvalue weighted by molar-refractivity contribution is 0.0529. The Kier molecular flexibility index (Phi) is 5.66. The number of nitrogens with one attached hydrogen (secondary N) is 2. The molecule has 2 heterocycles. The summed E-state index contributed by atoms with van der Waals surface area (Å²) in [6.07, 6.45) is 1.97. The van der Waals surface area contributed by atoms with Crippen molar-refractivity contribution in [3.8, 4) is 6.07 Å². The van der Waals surface area contributed by atoms with Crippen molar-refractivity contribution in [3.05, 3.63) is 53.7 Å². The molecule has 7 nitrogen and oxygen atoms in total. The first-order valence-electron chi connectivity index (χ1n) is 8.50. The Morgan fingerprint density at radius 2 is 2.31 bits per heavy atom. The number of aromatic nitrogens is 1. The minimum absolute atomic E-state index is 0.204. The maximum absolute atomic E-state index is 12.0. The second-order valence-electron chi connectivity index (χ2n) is 6.15. The lowest BCUT2D eigenvalue weighted by Crippen LogP contribution is -2.41. The van der Waals surface area contributed by atoms with Gasteiger partial charge in [0, 0.05) is 31.5 Å². The van der Waals surface area contributed by atoms with E-state index in [1.807, 2.05) is 18.2 Å². The van der Waals surface area contributed by atoms with Crippen molar-refractivity contribution in [3.63, 3.8) is 0 Å². The van der Waals surface area contributed by atoms with Gasteiger partial charge in [0.15, 0.2) is 0 Å². The molecule has 26 heavy (non-hydrogen) atoms. The van der Waals surface area contributed by atoms with Gasteiger partial charge in [0.25, 0.3) is 0 Å². The monoisotopic (exact) mass is 351 g/mol. The predicted molar refractivity (Wildman–Crippen MR) is 98.9 cm³/mol. The van der Waals surface area contributed by atoms with Crippen molar-refractivity contribution in [1.29, 1.82) is 5.26 Å². The van der Waals surface area contributed by atoms with Crippen LogP contribution in [0.4, 0.5) is 16.3 Å². The molecule has 1 aromatic heterocycles. The molecule has 134 valence electrons. The van der Waals surface area contributed by atoms with Gasteiger partial charge >= 0.3 is 6.03 Å². The first kappa shape index (κ1) is 17.7. The number of anilines is 2. The van der Waals surface area contributed by atoms with Crippen molar-refractivity contribution in [2.24, 2.45) is 0 Å². The van der Waals surface area contributed by atoms with Gasteiger partial charge in [-0.2, -0.15) is 5.26 Å². The summed E-state index contributed by atoms with van der Waals surface area (Å²) in [7, 11) is 0. The zero-order valence-corrected chi connectivity index (χ0v) is 14.6. The summed E-state index contributed by atoms with van der Waals surface area (Å²) in [5, 5.41) is 14.4. The molecule has 3 rings (SSSR count). The Bertz CT molecular complexity index is 800. The highest BCUT2D eigenvalue weighted by Gasteiger charge is 2.17. The van der Waals surface area contributed by atoms with Crippen molar-refractivity contribution in [1.82, 2.24) is 10.3 Å². The van der Waals surface area contributed by atoms with Crippen LogP contribution < -0.4 is 15.5 Å². The predicted octanol–water partition coefficient (Wildman–Crippen LogP) is 2.50. The zero-order chi connectivity index (χ0) is 18.4. The fourth-order valence-corrected chi connectivity index (χ4v) is 2.76. The second-order valence-corrected chi connectivity index (χ2v) is 6.15. The summed E-state index contributed by atoms with van der Waals surface area (Å²) >= 11 is 0. The van der Waals surface area contributed by atoms with Gasteiger partial charge < -0.3 is 20.3 Å². The summed E-state index contributed by atoms with van der Waals surface area (Å²) < 4.78 is 5.54.